The number of amides is 2. The number of carbonyl (C=O) groups excluding carboxylic acids is 2. The minimum atomic E-state index is -0.422. The van der Waals surface area contributed by atoms with Crippen LogP contribution in [0.1, 0.15) is 62.3 Å². The molecule has 4 aromatic rings. The first-order chi connectivity index (χ1) is 18.8. The molecule has 0 bridgehead atoms. The average molecular weight is 530 g/mol. The summed E-state index contributed by atoms with van der Waals surface area (Å²) in [6.07, 6.45) is 12.4. The van der Waals surface area contributed by atoms with Crippen molar-refractivity contribution in [2.45, 2.75) is 65.0 Å². The van der Waals surface area contributed by atoms with Crippen LogP contribution in [0.25, 0.3) is 16.8 Å². The summed E-state index contributed by atoms with van der Waals surface area (Å²) >= 11 is 0. The third-order valence-corrected chi connectivity index (χ3v) is 7.32. The fourth-order valence-corrected chi connectivity index (χ4v) is 5.25. The maximum atomic E-state index is 13.1. The number of nitrogens with zero attached hydrogens (tertiary/aromatic N) is 7. The summed E-state index contributed by atoms with van der Waals surface area (Å²) in [5, 5.41) is 18.3. The highest BCUT2D eigenvalue weighted by molar-refractivity contribution is 6.03. The summed E-state index contributed by atoms with van der Waals surface area (Å²) in [6.45, 7) is 6.89. The fraction of sp³-hybridized carbons (Fsp3) is 0.429. The lowest BCUT2D eigenvalue weighted by molar-refractivity contribution is -0.116. The molecule has 0 aromatic carbocycles. The molecule has 0 unspecified atom stereocenters. The molecule has 0 spiro atoms. The Bertz CT molecular complexity index is 1480. The summed E-state index contributed by atoms with van der Waals surface area (Å²) < 4.78 is 3.36. The number of aromatic nitrogens is 6. The van der Waals surface area contributed by atoms with Gasteiger partial charge in [0.05, 0.1) is 29.5 Å². The predicted octanol–water partition coefficient (Wildman–Crippen LogP) is 4.07. The van der Waals surface area contributed by atoms with Gasteiger partial charge in [0, 0.05) is 50.1 Å². The SMILES string of the molecule is Cc1ncc(NC(=O)CCN(C(C)C)C2CCCC2)cc1NC(=O)c1nnc2cc(-c3cnn(C)c3)ccn12. The molecule has 204 valence electrons. The number of fused-ring (bicyclic) bond motifs is 1. The zero-order chi connectivity index (χ0) is 27.5. The molecule has 1 saturated carbocycles. The molecule has 5 rings (SSSR count). The van der Waals surface area contributed by atoms with Crippen LogP contribution < -0.4 is 10.6 Å². The monoisotopic (exact) mass is 529 g/mol. The van der Waals surface area contributed by atoms with Crippen LogP contribution in [-0.4, -0.2) is 64.7 Å². The topological polar surface area (TPSA) is 122 Å². The van der Waals surface area contributed by atoms with E-state index in [2.05, 4.69) is 49.7 Å². The first kappa shape index (κ1) is 26.5. The minimum Gasteiger partial charge on any atom is -0.325 e. The van der Waals surface area contributed by atoms with Gasteiger partial charge in [-0.2, -0.15) is 5.10 Å². The number of anilines is 2. The van der Waals surface area contributed by atoms with E-state index in [1.807, 2.05) is 25.4 Å². The Balaban J connectivity index is 1.24. The Hall–Kier alpha value is -4.12. The van der Waals surface area contributed by atoms with Crippen molar-refractivity contribution in [3.8, 4) is 11.1 Å². The van der Waals surface area contributed by atoms with Gasteiger partial charge >= 0.3 is 0 Å². The minimum absolute atomic E-state index is 0.0746. The number of hydrogen-bond acceptors (Lipinski definition) is 7. The molecule has 1 aliphatic rings. The van der Waals surface area contributed by atoms with Crippen LogP contribution in [0.2, 0.25) is 0 Å². The zero-order valence-electron chi connectivity index (χ0n) is 22.9. The van der Waals surface area contributed by atoms with E-state index >= 15 is 0 Å². The molecule has 1 fully saturated rings. The lowest BCUT2D eigenvalue weighted by atomic mass is 10.1. The molecule has 11 nitrogen and oxygen atoms in total. The summed E-state index contributed by atoms with van der Waals surface area (Å²) in [5.74, 6) is -0.346. The highest BCUT2D eigenvalue weighted by Crippen LogP contribution is 2.26. The van der Waals surface area contributed by atoms with Crippen molar-refractivity contribution in [2.75, 3.05) is 17.2 Å². The molecular formula is C28H35N9O2. The van der Waals surface area contributed by atoms with Crippen LogP contribution in [0.4, 0.5) is 11.4 Å². The van der Waals surface area contributed by atoms with E-state index in [0.717, 1.165) is 17.7 Å². The van der Waals surface area contributed by atoms with Crippen molar-refractivity contribution in [2.24, 2.45) is 7.05 Å². The Labute approximate surface area is 227 Å². The first-order valence-electron chi connectivity index (χ1n) is 13.5. The molecule has 4 heterocycles. The molecule has 0 atom stereocenters. The summed E-state index contributed by atoms with van der Waals surface area (Å²) in [6, 6.07) is 6.44. The highest BCUT2D eigenvalue weighted by atomic mass is 16.2. The number of hydrogen-bond donors (Lipinski definition) is 2. The van der Waals surface area contributed by atoms with Gasteiger partial charge in [-0.05, 0) is 57.4 Å². The lowest BCUT2D eigenvalue weighted by Crippen LogP contribution is -2.40. The van der Waals surface area contributed by atoms with E-state index in [4.69, 9.17) is 0 Å². The number of pyridine rings is 2. The van der Waals surface area contributed by atoms with Gasteiger partial charge in [0.1, 0.15) is 0 Å². The van der Waals surface area contributed by atoms with Crippen LogP contribution in [0.15, 0.2) is 43.0 Å². The Kier molecular flexibility index (Phi) is 7.69. The summed E-state index contributed by atoms with van der Waals surface area (Å²) in [4.78, 5) is 32.7. The van der Waals surface area contributed by atoms with Gasteiger partial charge < -0.3 is 10.6 Å². The van der Waals surface area contributed by atoms with Gasteiger partial charge in [-0.25, -0.2) is 0 Å². The Morgan fingerprint density at radius 2 is 1.90 bits per heavy atom. The second-order valence-corrected chi connectivity index (χ2v) is 10.4. The molecule has 0 saturated heterocycles. The zero-order valence-corrected chi connectivity index (χ0v) is 22.9. The van der Waals surface area contributed by atoms with Crippen LogP contribution >= 0.6 is 0 Å². The van der Waals surface area contributed by atoms with Gasteiger partial charge in [-0.3, -0.25) is 28.6 Å². The van der Waals surface area contributed by atoms with E-state index in [1.54, 1.807) is 40.7 Å². The number of nitrogens with one attached hydrogen (secondary N) is 2. The fourth-order valence-electron chi connectivity index (χ4n) is 5.25. The third kappa shape index (κ3) is 5.98. The Morgan fingerprint density at radius 3 is 2.62 bits per heavy atom. The van der Waals surface area contributed by atoms with E-state index in [9.17, 15) is 9.59 Å². The van der Waals surface area contributed by atoms with Crippen molar-refractivity contribution in [1.82, 2.24) is 34.3 Å². The van der Waals surface area contributed by atoms with Gasteiger partial charge in [0.2, 0.25) is 11.7 Å². The lowest BCUT2D eigenvalue weighted by Gasteiger charge is -2.32. The normalized spacial score (nSPS) is 14.0. The molecule has 2 amide bonds. The molecule has 0 aliphatic heterocycles. The Morgan fingerprint density at radius 1 is 1.10 bits per heavy atom. The van der Waals surface area contributed by atoms with E-state index in [-0.39, 0.29) is 11.7 Å². The highest BCUT2D eigenvalue weighted by Gasteiger charge is 2.25. The number of rotatable bonds is 9. The van der Waals surface area contributed by atoms with Crippen LogP contribution in [0, 0.1) is 6.92 Å². The predicted molar refractivity (Wildman–Crippen MR) is 149 cm³/mol. The summed E-state index contributed by atoms with van der Waals surface area (Å²) in [7, 11) is 1.86. The molecule has 39 heavy (non-hydrogen) atoms. The van der Waals surface area contributed by atoms with E-state index in [0.29, 0.717) is 41.2 Å². The van der Waals surface area contributed by atoms with Crippen LogP contribution in [-0.2, 0) is 11.8 Å². The quantitative estimate of drug-likeness (QED) is 0.335. The van der Waals surface area contributed by atoms with E-state index < -0.39 is 5.91 Å². The smallest absolute Gasteiger partial charge is 0.294 e. The van der Waals surface area contributed by atoms with Gasteiger partial charge in [0.15, 0.2) is 5.65 Å². The van der Waals surface area contributed by atoms with Crippen molar-refractivity contribution in [3.63, 3.8) is 0 Å². The summed E-state index contributed by atoms with van der Waals surface area (Å²) in [5.41, 5.74) is 4.08. The van der Waals surface area contributed by atoms with Gasteiger partial charge in [-0.1, -0.05) is 12.8 Å². The number of aryl methyl sites for hydroxylation is 2. The second kappa shape index (κ2) is 11.3. The maximum Gasteiger partial charge on any atom is 0.294 e. The number of carbonyl (C=O) groups is 2. The van der Waals surface area contributed by atoms with Crippen molar-refractivity contribution in [3.05, 3.63) is 54.5 Å². The molecular weight excluding hydrogens is 494 g/mol. The van der Waals surface area contributed by atoms with Crippen LogP contribution in [0.3, 0.4) is 0 Å². The first-order valence-corrected chi connectivity index (χ1v) is 13.5. The molecule has 1 aliphatic carbocycles. The second-order valence-electron chi connectivity index (χ2n) is 10.4. The van der Waals surface area contributed by atoms with E-state index in [1.165, 1.54) is 25.7 Å². The van der Waals surface area contributed by atoms with Crippen molar-refractivity contribution >= 4 is 28.8 Å². The largest absolute Gasteiger partial charge is 0.325 e. The van der Waals surface area contributed by atoms with Crippen molar-refractivity contribution < 1.29 is 9.59 Å². The van der Waals surface area contributed by atoms with Gasteiger partial charge in [0.25, 0.3) is 5.91 Å². The molecule has 4 aromatic heterocycles. The average Bonchev–Trinajstić information content (AvgIpc) is 3.67. The maximum absolute atomic E-state index is 13.1. The van der Waals surface area contributed by atoms with Crippen LogP contribution in [0.5, 0.6) is 0 Å². The third-order valence-electron chi connectivity index (χ3n) is 7.32. The van der Waals surface area contributed by atoms with Gasteiger partial charge in [-0.15, -0.1) is 10.2 Å². The molecule has 11 heteroatoms. The van der Waals surface area contributed by atoms with Crippen molar-refractivity contribution in [1.29, 1.82) is 0 Å². The standard InChI is InChI=1S/C28H35N9O2/c1-18(2)36(23-7-5-6-8-23)12-10-26(38)31-22-14-24(19(3)29-16-22)32-28(39)27-34-33-25-13-20(9-11-37(25)27)21-15-30-35(4)17-21/h9,11,13-18,23H,5-8,10,12H2,1-4H3,(H,31,38)(H,32,39). The molecule has 2 N–H and O–H groups in total. The molecule has 0 radical (unpaired) electrons.